The molecule has 0 radical (unpaired) electrons. The minimum atomic E-state index is -3.49. The maximum Gasteiger partial charge on any atom is 0.240 e. The SMILES string of the molecule is CCNc1ccc(S(=O)(=O)NCCCCC(N)=O)cc1. The molecule has 1 aromatic carbocycles. The van der Waals surface area contributed by atoms with Crippen molar-refractivity contribution in [2.45, 2.75) is 31.1 Å². The van der Waals surface area contributed by atoms with Gasteiger partial charge in [-0.1, -0.05) is 0 Å². The molecule has 0 atom stereocenters. The van der Waals surface area contributed by atoms with Crippen molar-refractivity contribution >= 4 is 21.6 Å². The molecule has 0 aliphatic heterocycles. The van der Waals surface area contributed by atoms with Crippen molar-refractivity contribution in [3.8, 4) is 0 Å². The fraction of sp³-hybridized carbons (Fsp3) is 0.462. The van der Waals surface area contributed by atoms with Crippen molar-refractivity contribution in [1.82, 2.24) is 4.72 Å². The molecule has 4 N–H and O–H groups in total. The van der Waals surface area contributed by atoms with E-state index in [0.29, 0.717) is 19.4 Å². The summed E-state index contributed by atoms with van der Waals surface area (Å²) in [5.41, 5.74) is 5.89. The van der Waals surface area contributed by atoms with Crippen LogP contribution in [0.4, 0.5) is 5.69 Å². The Balaban J connectivity index is 2.49. The molecule has 0 aromatic heterocycles. The third kappa shape index (κ3) is 5.58. The number of nitrogens with one attached hydrogen (secondary N) is 2. The van der Waals surface area contributed by atoms with Gasteiger partial charge in [0.15, 0.2) is 0 Å². The lowest BCUT2D eigenvalue weighted by atomic mass is 10.2. The number of anilines is 1. The molecule has 7 heteroatoms. The van der Waals surface area contributed by atoms with E-state index in [1.54, 1.807) is 24.3 Å². The number of carbonyl (C=O) groups is 1. The molecular weight excluding hydrogens is 278 g/mol. The van der Waals surface area contributed by atoms with E-state index in [0.717, 1.165) is 12.2 Å². The van der Waals surface area contributed by atoms with Gasteiger partial charge in [0, 0.05) is 25.2 Å². The van der Waals surface area contributed by atoms with E-state index in [9.17, 15) is 13.2 Å². The van der Waals surface area contributed by atoms with E-state index in [1.165, 1.54) is 0 Å². The first-order valence-electron chi connectivity index (χ1n) is 6.57. The summed E-state index contributed by atoms with van der Waals surface area (Å²) in [6.45, 7) is 3.05. The van der Waals surface area contributed by atoms with Crippen molar-refractivity contribution in [3.63, 3.8) is 0 Å². The van der Waals surface area contributed by atoms with E-state index in [-0.39, 0.29) is 17.2 Å². The topological polar surface area (TPSA) is 101 Å². The Morgan fingerprint density at radius 1 is 1.20 bits per heavy atom. The number of nitrogens with two attached hydrogens (primary N) is 1. The molecule has 1 amide bonds. The van der Waals surface area contributed by atoms with Gasteiger partial charge in [0.1, 0.15) is 0 Å². The normalized spacial score (nSPS) is 11.2. The van der Waals surface area contributed by atoms with Crippen LogP contribution in [0.2, 0.25) is 0 Å². The molecule has 0 heterocycles. The highest BCUT2D eigenvalue weighted by molar-refractivity contribution is 7.89. The number of primary amides is 1. The Hall–Kier alpha value is -1.60. The standard InChI is InChI=1S/C13H21N3O3S/c1-2-15-11-6-8-12(9-7-11)20(18,19)16-10-4-3-5-13(14)17/h6-9,15-16H,2-5,10H2,1H3,(H2,14,17). The highest BCUT2D eigenvalue weighted by atomic mass is 32.2. The first kappa shape index (κ1) is 16.5. The minimum absolute atomic E-state index is 0.231. The van der Waals surface area contributed by atoms with Crippen molar-refractivity contribution in [2.75, 3.05) is 18.4 Å². The van der Waals surface area contributed by atoms with Crippen LogP contribution in [0, 0.1) is 0 Å². The van der Waals surface area contributed by atoms with E-state index in [2.05, 4.69) is 10.0 Å². The van der Waals surface area contributed by atoms with Gasteiger partial charge in [0.25, 0.3) is 0 Å². The molecule has 0 unspecified atom stereocenters. The highest BCUT2D eigenvalue weighted by Gasteiger charge is 2.12. The molecule has 1 rings (SSSR count). The molecule has 0 fully saturated rings. The van der Waals surface area contributed by atoms with Gasteiger partial charge in [-0.15, -0.1) is 0 Å². The zero-order chi connectivity index (χ0) is 15.0. The molecule has 0 aliphatic rings. The van der Waals surface area contributed by atoms with E-state index in [4.69, 9.17) is 5.73 Å². The highest BCUT2D eigenvalue weighted by Crippen LogP contribution is 2.13. The molecule has 0 saturated heterocycles. The summed E-state index contributed by atoms with van der Waals surface area (Å²) < 4.78 is 26.5. The Kier molecular flexibility index (Phi) is 6.47. The number of amides is 1. The second-order valence-corrected chi connectivity index (χ2v) is 6.14. The van der Waals surface area contributed by atoms with Gasteiger partial charge >= 0.3 is 0 Å². The zero-order valence-corrected chi connectivity index (χ0v) is 12.4. The molecule has 112 valence electrons. The molecule has 0 spiro atoms. The van der Waals surface area contributed by atoms with Crippen molar-refractivity contribution in [1.29, 1.82) is 0 Å². The van der Waals surface area contributed by atoms with Crippen LogP contribution in [-0.4, -0.2) is 27.4 Å². The predicted molar refractivity (Wildman–Crippen MR) is 78.8 cm³/mol. The van der Waals surface area contributed by atoms with Crippen LogP contribution in [0.15, 0.2) is 29.2 Å². The first-order chi connectivity index (χ1) is 9.45. The molecule has 6 nitrogen and oxygen atoms in total. The largest absolute Gasteiger partial charge is 0.385 e. The van der Waals surface area contributed by atoms with E-state index >= 15 is 0 Å². The van der Waals surface area contributed by atoms with Gasteiger partial charge in [0.2, 0.25) is 15.9 Å². The number of hydrogen-bond donors (Lipinski definition) is 3. The Bertz CT molecular complexity index is 526. The quantitative estimate of drug-likeness (QED) is 0.593. The Morgan fingerprint density at radius 3 is 2.40 bits per heavy atom. The lowest BCUT2D eigenvalue weighted by molar-refractivity contribution is -0.118. The van der Waals surface area contributed by atoms with Gasteiger partial charge in [-0.2, -0.15) is 0 Å². The maximum atomic E-state index is 12.0. The fourth-order valence-electron chi connectivity index (χ4n) is 1.67. The van der Waals surface area contributed by atoms with Gasteiger partial charge in [-0.3, -0.25) is 4.79 Å². The molecule has 0 bridgehead atoms. The smallest absolute Gasteiger partial charge is 0.240 e. The third-order valence-electron chi connectivity index (χ3n) is 2.69. The molecule has 1 aromatic rings. The Labute approximate surface area is 119 Å². The summed E-state index contributed by atoms with van der Waals surface area (Å²) in [7, 11) is -3.49. The maximum absolute atomic E-state index is 12.0. The number of rotatable bonds is 9. The zero-order valence-electron chi connectivity index (χ0n) is 11.6. The second kappa shape index (κ2) is 7.86. The van der Waals surface area contributed by atoms with E-state index < -0.39 is 10.0 Å². The van der Waals surface area contributed by atoms with Crippen molar-refractivity contribution in [3.05, 3.63) is 24.3 Å². The summed E-state index contributed by atoms with van der Waals surface area (Å²) in [6, 6.07) is 6.57. The van der Waals surface area contributed by atoms with Gasteiger partial charge in [-0.05, 0) is 44.0 Å². The number of benzene rings is 1. The summed E-state index contributed by atoms with van der Waals surface area (Å²) in [5.74, 6) is -0.369. The van der Waals surface area contributed by atoms with Crippen LogP contribution in [0.25, 0.3) is 0 Å². The third-order valence-corrected chi connectivity index (χ3v) is 4.16. The van der Waals surface area contributed by atoms with Crippen LogP contribution in [0.1, 0.15) is 26.2 Å². The van der Waals surface area contributed by atoms with Crippen LogP contribution in [-0.2, 0) is 14.8 Å². The van der Waals surface area contributed by atoms with E-state index in [1.807, 2.05) is 6.92 Å². The monoisotopic (exact) mass is 299 g/mol. The number of hydrogen-bond acceptors (Lipinski definition) is 4. The van der Waals surface area contributed by atoms with Crippen LogP contribution in [0.3, 0.4) is 0 Å². The molecule has 20 heavy (non-hydrogen) atoms. The van der Waals surface area contributed by atoms with Gasteiger partial charge < -0.3 is 11.1 Å². The molecular formula is C13H21N3O3S. The fourth-order valence-corrected chi connectivity index (χ4v) is 2.74. The van der Waals surface area contributed by atoms with Gasteiger partial charge in [0.05, 0.1) is 4.90 Å². The average Bonchev–Trinajstić information content (AvgIpc) is 2.39. The summed E-state index contributed by atoms with van der Waals surface area (Å²) in [5, 5.41) is 3.10. The average molecular weight is 299 g/mol. The molecule has 0 saturated carbocycles. The van der Waals surface area contributed by atoms with Crippen LogP contribution in [0.5, 0.6) is 0 Å². The van der Waals surface area contributed by atoms with Crippen molar-refractivity contribution in [2.24, 2.45) is 5.73 Å². The minimum Gasteiger partial charge on any atom is -0.385 e. The summed E-state index contributed by atoms with van der Waals surface area (Å²) in [6.07, 6.45) is 1.44. The number of sulfonamides is 1. The summed E-state index contributed by atoms with van der Waals surface area (Å²) >= 11 is 0. The van der Waals surface area contributed by atoms with Crippen LogP contribution >= 0.6 is 0 Å². The van der Waals surface area contributed by atoms with Crippen molar-refractivity contribution < 1.29 is 13.2 Å². The molecule has 0 aliphatic carbocycles. The second-order valence-electron chi connectivity index (χ2n) is 4.38. The summed E-state index contributed by atoms with van der Waals surface area (Å²) in [4.78, 5) is 10.8. The number of unbranched alkanes of at least 4 members (excludes halogenated alkanes) is 1. The predicted octanol–water partition coefficient (Wildman–Crippen LogP) is 1.05. The lowest BCUT2D eigenvalue weighted by Crippen LogP contribution is -2.25. The van der Waals surface area contributed by atoms with Crippen LogP contribution < -0.4 is 15.8 Å². The van der Waals surface area contributed by atoms with Gasteiger partial charge in [-0.25, -0.2) is 13.1 Å². The Morgan fingerprint density at radius 2 is 1.85 bits per heavy atom. The first-order valence-corrected chi connectivity index (χ1v) is 8.06. The number of carbonyl (C=O) groups excluding carboxylic acids is 1. The lowest BCUT2D eigenvalue weighted by Gasteiger charge is -2.08.